The Balaban J connectivity index is 1.65. The van der Waals surface area contributed by atoms with Crippen LogP contribution in [0.5, 0.6) is 0 Å². The van der Waals surface area contributed by atoms with E-state index in [1.54, 1.807) is 0 Å². The lowest BCUT2D eigenvalue weighted by Crippen LogP contribution is -2.42. The Bertz CT molecular complexity index is 388. The lowest BCUT2D eigenvalue weighted by Gasteiger charge is -2.11. The third-order valence-electron chi connectivity index (χ3n) is 2.88. The van der Waals surface area contributed by atoms with E-state index in [1.165, 1.54) is 0 Å². The van der Waals surface area contributed by atoms with Gasteiger partial charge in [-0.2, -0.15) is 0 Å². The van der Waals surface area contributed by atoms with Gasteiger partial charge in [-0.1, -0.05) is 23.7 Å². The molecular formula is C13H17ClN2O2. The zero-order valence-electron chi connectivity index (χ0n) is 10.1. The molecule has 5 heteroatoms. The van der Waals surface area contributed by atoms with Crippen molar-refractivity contribution in [3.05, 3.63) is 34.9 Å². The number of nitrogens with one attached hydrogen (secondary N) is 2. The number of rotatable bonds is 4. The van der Waals surface area contributed by atoms with Crippen LogP contribution >= 0.6 is 11.6 Å². The van der Waals surface area contributed by atoms with Crippen LogP contribution in [0.1, 0.15) is 12.0 Å². The van der Waals surface area contributed by atoms with Gasteiger partial charge in [-0.3, -0.25) is 0 Å². The highest BCUT2D eigenvalue weighted by Crippen LogP contribution is 2.09. The predicted molar refractivity (Wildman–Crippen MR) is 70.9 cm³/mol. The van der Waals surface area contributed by atoms with Gasteiger partial charge in [-0.15, -0.1) is 0 Å². The van der Waals surface area contributed by atoms with E-state index in [2.05, 4.69) is 10.6 Å². The summed E-state index contributed by atoms with van der Waals surface area (Å²) in [5, 5.41) is 6.44. The van der Waals surface area contributed by atoms with E-state index in [0.29, 0.717) is 13.2 Å². The summed E-state index contributed by atoms with van der Waals surface area (Å²) in [5.41, 5.74) is 1.16. The number of benzene rings is 1. The van der Waals surface area contributed by atoms with Gasteiger partial charge < -0.3 is 15.4 Å². The van der Waals surface area contributed by atoms with Gasteiger partial charge in [0.15, 0.2) is 0 Å². The van der Waals surface area contributed by atoms with Crippen LogP contribution in [-0.4, -0.2) is 31.8 Å². The Morgan fingerprint density at radius 2 is 2.17 bits per heavy atom. The van der Waals surface area contributed by atoms with Crippen LogP contribution in [0.15, 0.2) is 24.3 Å². The average Bonchev–Trinajstić information content (AvgIpc) is 2.84. The van der Waals surface area contributed by atoms with Gasteiger partial charge in [0.2, 0.25) is 0 Å². The summed E-state index contributed by atoms with van der Waals surface area (Å²) >= 11 is 5.80. The summed E-state index contributed by atoms with van der Waals surface area (Å²) in [5.74, 6) is 0. The number of hydrogen-bond acceptors (Lipinski definition) is 2. The smallest absolute Gasteiger partial charge is 0.315 e. The fourth-order valence-electron chi connectivity index (χ4n) is 1.86. The summed E-state index contributed by atoms with van der Waals surface area (Å²) < 4.78 is 5.19. The first-order chi connectivity index (χ1) is 8.74. The average molecular weight is 269 g/mol. The molecule has 1 aliphatic heterocycles. The van der Waals surface area contributed by atoms with Crippen molar-refractivity contribution in [3.63, 3.8) is 0 Å². The monoisotopic (exact) mass is 268 g/mol. The molecule has 0 spiro atoms. The first kappa shape index (κ1) is 13.2. The first-order valence-electron chi connectivity index (χ1n) is 6.10. The minimum atomic E-state index is -0.125. The van der Waals surface area contributed by atoms with Crippen LogP contribution < -0.4 is 10.6 Å². The van der Waals surface area contributed by atoms with Gasteiger partial charge in [0.05, 0.1) is 12.6 Å². The quantitative estimate of drug-likeness (QED) is 0.877. The molecule has 0 radical (unpaired) electrons. The Hall–Kier alpha value is -1.26. The topological polar surface area (TPSA) is 50.4 Å². The van der Waals surface area contributed by atoms with Gasteiger partial charge in [-0.25, -0.2) is 4.79 Å². The van der Waals surface area contributed by atoms with Crippen molar-refractivity contribution in [1.29, 1.82) is 0 Å². The molecule has 2 N–H and O–H groups in total. The SMILES string of the molecule is O=C(NCCc1ccc(Cl)cc1)NC1CCOC1. The largest absolute Gasteiger partial charge is 0.379 e. The fraction of sp³-hybridized carbons (Fsp3) is 0.462. The van der Waals surface area contributed by atoms with E-state index < -0.39 is 0 Å². The normalized spacial score (nSPS) is 18.6. The van der Waals surface area contributed by atoms with Crippen molar-refractivity contribution >= 4 is 17.6 Å². The van der Waals surface area contributed by atoms with Crippen LogP contribution in [0, 0.1) is 0 Å². The highest BCUT2D eigenvalue weighted by molar-refractivity contribution is 6.30. The minimum absolute atomic E-state index is 0.125. The molecule has 98 valence electrons. The maximum absolute atomic E-state index is 11.5. The molecule has 1 saturated heterocycles. The molecule has 2 rings (SSSR count). The summed E-state index contributed by atoms with van der Waals surface area (Å²) in [4.78, 5) is 11.5. The third kappa shape index (κ3) is 4.20. The van der Waals surface area contributed by atoms with Crippen molar-refractivity contribution in [2.45, 2.75) is 18.9 Å². The number of halogens is 1. The van der Waals surface area contributed by atoms with Crippen LogP contribution in [0.4, 0.5) is 4.79 Å². The molecule has 0 aromatic heterocycles. The maximum atomic E-state index is 11.5. The van der Waals surface area contributed by atoms with Crippen molar-refractivity contribution in [1.82, 2.24) is 10.6 Å². The van der Waals surface area contributed by atoms with Crippen molar-refractivity contribution in [2.75, 3.05) is 19.8 Å². The summed E-state index contributed by atoms with van der Waals surface area (Å²) in [7, 11) is 0. The van der Waals surface area contributed by atoms with Crippen molar-refractivity contribution in [3.8, 4) is 0 Å². The predicted octanol–water partition coefficient (Wildman–Crippen LogP) is 1.97. The molecule has 1 aliphatic rings. The second kappa shape index (κ2) is 6.61. The molecule has 1 fully saturated rings. The zero-order chi connectivity index (χ0) is 12.8. The molecule has 2 amide bonds. The standard InChI is InChI=1S/C13H17ClN2O2/c14-11-3-1-10(2-4-11)5-7-15-13(17)16-12-6-8-18-9-12/h1-4,12H,5-9H2,(H2,15,16,17). The molecule has 1 aromatic rings. The second-order valence-corrected chi connectivity index (χ2v) is 4.77. The molecule has 0 bridgehead atoms. The zero-order valence-corrected chi connectivity index (χ0v) is 10.9. The molecule has 1 atom stereocenters. The maximum Gasteiger partial charge on any atom is 0.315 e. The Labute approximate surface area is 112 Å². The van der Waals surface area contributed by atoms with Crippen molar-refractivity contribution < 1.29 is 9.53 Å². The molecule has 1 heterocycles. The Morgan fingerprint density at radius 1 is 1.39 bits per heavy atom. The Morgan fingerprint density at radius 3 is 2.83 bits per heavy atom. The molecular weight excluding hydrogens is 252 g/mol. The number of urea groups is 1. The number of amides is 2. The first-order valence-corrected chi connectivity index (χ1v) is 6.48. The number of ether oxygens (including phenoxy) is 1. The van der Waals surface area contributed by atoms with E-state index in [4.69, 9.17) is 16.3 Å². The van der Waals surface area contributed by atoms with Gasteiger partial charge >= 0.3 is 6.03 Å². The lowest BCUT2D eigenvalue weighted by molar-refractivity contribution is 0.188. The van der Waals surface area contributed by atoms with Crippen molar-refractivity contribution in [2.24, 2.45) is 0 Å². The van der Waals surface area contributed by atoms with E-state index >= 15 is 0 Å². The summed E-state index contributed by atoms with van der Waals surface area (Å²) in [6.45, 7) is 1.96. The van der Waals surface area contributed by atoms with Crippen LogP contribution in [-0.2, 0) is 11.2 Å². The summed E-state index contributed by atoms with van der Waals surface area (Å²) in [6.07, 6.45) is 1.69. The number of hydrogen-bond donors (Lipinski definition) is 2. The van der Waals surface area contributed by atoms with Crippen LogP contribution in [0.3, 0.4) is 0 Å². The Kier molecular flexibility index (Phi) is 4.84. The summed E-state index contributed by atoms with van der Waals surface area (Å²) in [6, 6.07) is 7.67. The highest BCUT2D eigenvalue weighted by atomic mass is 35.5. The third-order valence-corrected chi connectivity index (χ3v) is 3.13. The minimum Gasteiger partial charge on any atom is -0.379 e. The van der Waals surface area contributed by atoms with Crippen LogP contribution in [0.25, 0.3) is 0 Å². The highest BCUT2D eigenvalue weighted by Gasteiger charge is 2.17. The van der Waals surface area contributed by atoms with Gasteiger partial charge in [-0.05, 0) is 30.5 Å². The van der Waals surface area contributed by atoms with Gasteiger partial charge in [0.1, 0.15) is 0 Å². The van der Waals surface area contributed by atoms with Crippen LogP contribution in [0.2, 0.25) is 5.02 Å². The molecule has 18 heavy (non-hydrogen) atoms. The number of carbonyl (C=O) groups excluding carboxylic acids is 1. The second-order valence-electron chi connectivity index (χ2n) is 4.34. The van der Waals surface area contributed by atoms with E-state index in [-0.39, 0.29) is 12.1 Å². The molecule has 1 unspecified atom stereocenters. The fourth-order valence-corrected chi connectivity index (χ4v) is 1.98. The molecule has 4 nitrogen and oxygen atoms in total. The lowest BCUT2D eigenvalue weighted by atomic mass is 10.1. The number of carbonyl (C=O) groups is 1. The van der Waals surface area contributed by atoms with E-state index in [1.807, 2.05) is 24.3 Å². The van der Waals surface area contributed by atoms with Gasteiger partial charge in [0.25, 0.3) is 0 Å². The van der Waals surface area contributed by atoms with E-state index in [0.717, 1.165) is 30.0 Å². The van der Waals surface area contributed by atoms with Gasteiger partial charge in [0, 0.05) is 18.2 Å². The molecule has 1 aromatic carbocycles. The van der Waals surface area contributed by atoms with E-state index in [9.17, 15) is 4.79 Å². The molecule has 0 saturated carbocycles. The molecule has 0 aliphatic carbocycles.